The summed E-state index contributed by atoms with van der Waals surface area (Å²) in [6.45, 7) is 3.20. The number of para-hydroxylation sites is 1. The third kappa shape index (κ3) is 4.71. The Morgan fingerprint density at radius 2 is 1.62 bits per heavy atom. The Balaban J connectivity index is 1.38. The minimum atomic E-state index is -0.327. The van der Waals surface area contributed by atoms with Crippen molar-refractivity contribution in [1.82, 2.24) is 5.32 Å². The molecule has 24 heavy (non-hydrogen) atoms. The number of piperidine rings is 1. The van der Waals surface area contributed by atoms with E-state index in [1.165, 1.54) is 24.5 Å². The summed E-state index contributed by atoms with van der Waals surface area (Å²) in [7, 11) is 0. The lowest BCUT2D eigenvalue weighted by Crippen LogP contribution is -2.26. The van der Waals surface area contributed by atoms with Crippen molar-refractivity contribution < 1.29 is 13.9 Å². The molecule has 2 aromatic rings. The van der Waals surface area contributed by atoms with Crippen LogP contribution in [0.5, 0.6) is 11.5 Å². The molecular weight excluding hydrogens is 305 g/mol. The van der Waals surface area contributed by atoms with Gasteiger partial charge in [0.2, 0.25) is 0 Å². The number of benzene rings is 2. The third-order valence-electron chi connectivity index (χ3n) is 4.34. The van der Waals surface area contributed by atoms with Gasteiger partial charge in [-0.15, -0.1) is 0 Å². The topological polar surface area (TPSA) is 30.5 Å². The first-order valence-electron chi connectivity index (χ1n) is 8.64. The van der Waals surface area contributed by atoms with Crippen LogP contribution in [0.15, 0.2) is 48.5 Å². The van der Waals surface area contributed by atoms with Crippen molar-refractivity contribution in [2.24, 2.45) is 0 Å². The van der Waals surface area contributed by atoms with E-state index in [0.29, 0.717) is 31.3 Å². The molecule has 1 aliphatic heterocycles. The molecule has 1 N–H and O–H groups in total. The van der Waals surface area contributed by atoms with Crippen LogP contribution in [0.1, 0.15) is 30.7 Å². The predicted molar refractivity (Wildman–Crippen MR) is 93.3 cm³/mol. The third-order valence-corrected chi connectivity index (χ3v) is 4.34. The Kier molecular flexibility index (Phi) is 6.07. The molecule has 0 aliphatic carbocycles. The van der Waals surface area contributed by atoms with Gasteiger partial charge in [-0.2, -0.15) is 0 Å². The van der Waals surface area contributed by atoms with Gasteiger partial charge in [-0.3, -0.25) is 0 Å². The van der Waals surface area contributed by atoms with Crippen LogP contribution in [0.3, 0.4) is 0 Å². The van der Waals surface area contributed by atoms with Gasteiger partial charge < -0.3 is 14.8 Å². The summed E-state index contributed by atoms with van der Waals surface area (Å²) >= 11 is 0. The number of rotatable bonds is 7. The van der Waals surface area contributed by atoms with Crippen molar-refractivity contribution in [2.45, 2.75) is 25.2 Å². The molecule has 0 spiro atoms. The maximum absolute atomic E-state index is 13.4. The number of halogens is 1. The Hall–Kier alpha value is -2.07. The van der Waals surface area contributed by atoms with E-state index in [1.54, 1.807) is 18.2 Å². The molecule has 0 radical (unpaired) electrons. The summed E-state index contributed by atoms with van der Waals surface area (Å²) in [6, 6.07) is 14.9. The Morgan fingerprint density at radius 3 is 2.38 bits per heavy atom. The molecule has 1 saturated heterocycles. The van der Waals surface area contributed by atoms with Gasteiger partial charge in [-0.05, 0) is 61.7 Å². The molecule has 0 amide bonds. The Labute approximate surface area is 142 Å². The Bertz CT molecular complexity index is 624. The summed E-state index contributed by atoms with van der Waals surface area (Å²) in [4.78, 5) is 0. The van der Waals surface area contributed by atoms with Gasteiger partial charge >= 0.3 is 0 Å². The molecule has 4 heteroatoms. The highest BCUT2D eigenvalue weighted by Crippen LogP contribution is 2.26. The summed E-state index contributed by atoms with van der Waals surface area (Å²) in [5.41, 5.74) is 1.40. The minimum Gasteiger partial charge on any atom is -0.493 e. The molecule has 128 valence electrons. The summed E-state index contributed by atoms with van der Waals surface area (Å²) in [5.74, 6) is 1.50. The predicted octanol–water partition coefficient (Wildman–Crippen LogP) is 4.14. The number of hydrogen-bond acceptors (Lipinski definition) is 3. The van der Waals surface area contributed by atoms with Gasteiger partial charge in [-0.25, -0.2) is 4.39 Å². The second-order valence-electron chi connectivity index (χ2n) is 6.07. The highest BCUT2D eigenvalue weighted by atomic mass is 19.1. The van der Waals surface area contributed by atoms with Gasteiger partial charge in [0.05, 0.1) is 13.2 Å². The lowest BCUT2D eigenvalue weighted by molar-refractivity contribution is 0.241. The smallest absolute Gasteiger partial charge is 0.165 e. The van der Waals surface area contributed by atoms with Crippen LogP contribution in [-0.2, 0) is 0 Å². The van der Waals surface area contributed by atoms with Crippen LogP contribution >= 0.6 is 0 Å². The molecule has 3 nitrogen and oxygen atoms in total. The van der Waals surface area contributed by atoms with Gasteiger partial charge in [0, 0.05) is 6.42 Å². The first kappa shape index (κ1) is 16.8. The maximum Gasteiger partial charge on any atom is 0.165 e. The molecule has 0 unspecified atom stereocenters. The van der Waals surface area contributed by atoms with Gasteiger partial charge in [-0.1, -0.05) is 24.3 Å². The second kappa shape index (κ2) is 8.69. The molecule has 3 rings (SSSR count). The average Bonchev–Trinajstić information content (AvgIpc) is 2.64. The van der Waals surface area contributed by atoms with E-state index in [2.05, 4.69) is 17.4 Å². The second-order valence-corrected chi connectivity index (χ2v) is 6.07. The van der Waals surface area contributed by atoms with Crippen LogP contribution in [0.4, 0.5) is 4.39 Å². The van der Waals surface area contributed by atoms with Gasteiger partial charge in [0.25, 0.3) is 0 Å². The minimum absolute atomic E-state index is 0.295. The highest BCUT2D eigenvalue weighted by Gasteiger charge is 2.14. The molecule has 1 aliphatic rings. The largest absolute Gasteiger partial charge is 0.493 e. The van der Waals surface area contributed by atoms with Gasteiger partial charge in [0.1, 0.15) is 5.75 Å². The van der Waals surface area contributed by atoms with Crippen molar-refractivity contribution in [3.05, 3.63) is 59.9 Å². The molecule has 0 atom stereocenters. The molecular formula is C20H24FNO2. The summed E-state index contributed by atoms with van der Waals surface area (Å²) in [6.07, 6.45) is 3.12. The average molecular weight is 329 g/mol. The normalized spacial score (nSPS) is 15.2. The molecule has 0 saturated carbocycles. The molecule has 2 aromatic carbocycles. The van der Waals surface area contributed by atoms with E-state index < -0.39 is 0 Å². The fraction of sp³-hybridized carbons (Fsp3) is 0.400. The van der Waals surface area contributed by atoms with E-state index >= 15 is 0 Å². The standard InChI is InChI=1S/C20H24FNO2/c21-19-4-1-2-5-20(19)24-15-3-14-23-18-8-6-16(7-9-18)17-10-12-22-13-11-17/h1-2,4-9,17,22H,3,10-15H2. The number of hydrogen-bond donors (Lipinski definition) is 1. The lowest BCUT2D eigenvalue weighted by Gasteiger charge is -2.23. The zero-order valence-electron chi connectivity index (χ0n) is 13.8. The zero-order valence-corrected chi connectivity index (χ0v) is 13.8. The number of nitrogens with one attached hydrogen (secondary N) is 1. The Morgan fingerprint density at radius 1 is 0.917 bits per heavy atom. The van der Waals surface area contributed by atoms with Crippen LogP contribution in [0.25, 0.3) is 0 Å². The van der Waals surface area contributed by atoms with E-state index in [-0.39, 0.29) is 5.82 Å². The summed E-state index contributed by atoms with van der Waals surface area (Å²) < 4.78 is 24.5. The van der Waals surface area contributed by atoms with Crippen molar-refractivity contribution in [3.63, 3.8) is 0 Å². The molecule has 1 fully saturated rings. The molecule has 1 heterocycles. The van der Waals surface area contributed by atoms with E-state index in [9.17, 15) is 4.39 Å². The number of ether oxygens (including phenoxy) is 2. The monoisotopic (exact) mass is 329 g/mol. The first-order chi connectivity index (χ1) is 11.8. The fourth-order valence-corrected chi connectivity index (χ4v) is 2.98. The SMILES string of the molecule is Fc1ccccc1OCCCOc1ccc(C2CCNCC2)cc1. The molecule has 0 aromatic heterocycles. The quantitative estimate of drug-likeness (QED) is 0.775. The van der Waals surface area contributed by atoms with Crippen LogP contribution < -0.4 is 14.8 Å². The van der Waals surface area contributed by atoms with Crippen molar-refractivity contribution in [1.29, 1.82) is 0 Å². The van der Waals surface area contributed by atoms with Gasteiger partial charge in [0.15, 0.2) is 11.6 Å². The summed E-state index contributed by atoms with van der Waals surface area (Å²) in [5, 5.41) is 3.39. The first-order valence-corrected chi connectivity index (χ1v) is 8.64. The van der Waals surface area contributed by atoms with E-state index in [1.807, 2.05) is 12.1 Å². The fourth-order valence-electron chi connectivity index (χ4n) is 2.98. The van der Waals surface area contributed by atoms with E-state index in [0.717, 1.165) is 18.8 Å². The molecule has 0 bridgehead atoms. The zero-order chi connectivity index (χ0) is 16.6. The van der Waals surface area contributed by atoms with Crippen LogP contribution in [0, 0.1) is 5.82 Å². The maximum atomic E-state index is 13.4. The van der Waals surface area contributed by atoms with Crippen molar-refractivity contribution >= 4 is 0 Å². The van der Waals surface area contributed by atoms with Crippen molar-refractivity contribution in [2.75, 3.05) is 26.3 Å². The van der Waals surface area contributed by atoms with Crippen molar-refractivity contribution in [3.8, 4) is 11.5 Å². The van der Waals surface area contributed by atoms with Crippen LogP contribution in [0.2, 0.25) is 0 Å². The van der Waals surface area contributed by atoms with E-state index in [4.69, 9.17) is 9.47 Å². The highest BCUT2D eigenvalue weighted by molar-refractivity contribution is 5.29. The van der Waals surface area contributed by atoms with Crippen LogP contribution in [-0.4, -0.2) is 26.3 Å². The lowest BCUT2D eigenvalue weighted by atomic mass is 9.90.